The van der Waals surface area contributed by atoms with Crippen LogP contribution in [-0.4, -0.2) is 63.5 Å². The number of nitrogens with zero attached hydrogens (tertiary/aromatic N) is 5. The summed E-state index contributed by atoms with van der Waals surface area (Å²) in [6.45, 7) is 7.08. The van der Waals surface area contributed by atoms with Gasteiger partial charge in [0.1, 0.15) is 16.0 Å². The number of fused-ring (bicyclic) bond motifs is 3. The van der Waals surface area contributed by atoms with E-state index in [4.69, 9.17) is 9.47 Å². The predicted octanol–water partition coefficient (Wildman–Crippen LogP) is 2.70. The van der Waals surface area contributed by atoms with E-state index >= 15 is 0 Å². The molecule has 3 fully saturated rings. The maximum Gasteiger partial charge on any atom is 0.410 e. The first-order chi connectivity index (χ1) is 12.2. The monoisotopic (exact) mass is 423 g/mol. The van der Waals surface area contributed by atoms with Crippen LogP contribution in [0.2, 0.25) is 0 Å². The number of piperidine rings is 1. The van der Waals surface area contributed by atoms with Gasteiger partial charge >= 0.3 is 6.09 Å². The minimum absolute atomic E-state index is 0.146. The number of aromatic nitrogens is 3. The lowest BCUT2D eigenvalue weighted by Crippen LogP contribution is -2.70. The van der Waals surface area contributed by atoms with Crippen molar-refractivity contribution < 1.29 is 14.3 Å². The van der Waals surface area contributed by atoms with Crippen molar-refractivity contribution in [2.24, 2.45) is 0 Å². The van der Waals surface area contributed by atoms with E-state index in [-0.39, 0.29) is 18.2 Å². The first kappa shape index (κ1) is 17.4. The molecule has 2 bridgehead atoms. The Hall–Kier alpha value is -2.03. The van der Waals surface area contributed by atoms with Crippen molar-refractivity contribution in [2.75, 3.05) is 25.1 Å². The molecule has 8 nitrogen and oxygen atoms in total. The van der Waals surface area contributed by atoms with Crippen molar-refractivity contribution in [3.05, 3.63) is 16.7 Å². The second-order valence-electron chi connectivity index (χ2n) is 7.74. The average molecular weight is 424 g/mol. The van der Waals surface area contributed by atoms with Gasteiger partial charge in [-0.25, -0.2) is 9.31 Å². The van der Waals surface area contributed by atoms with Crippen LogP contribution in [0.1, 0.15) is 27.2 Å². The molecule has 0 radical (unpaired) electrons. The summed E-state index contributed by atoms with van der Waals surface area (Å²) in [6.07, 6.45) is 0.773. The van der Waals surface area contributed by atoms with Gasteiger partial charge in [0.15, 0.2) is 5.65 Å². The van der Waals surface area contributed by atoms with E-state index in [1.165, 1.54) is 0 Å². The highest BCUT2D eigenvalue weighted by Crippen LogP contribution is 2.35. The molecule has 140 valence electrons. The van der Waals surface area contributed by atoms with Crippen molar-refractivity contribution in [1.29, 1.82) is 0 Å². The summed E-state index contributed by atoms with van der Waals surface area (Å²) in [5.41, 5.74) is 0.240. The summed E-state index contributed by atoms with van der Waals surface area (Å²) in [5, 5.41) is 4.59. The fourth-order valence-electron chi connectivity index (χ4n) is 3.55. The third-order valence-electron chi connectivity index (χ3n) is 4.67. The Labute approximate surface area is 160 Å². The smallest absolute Gasteiger partial charge is 0.410 e. The van der Waals surface area contributed by atoms with E-state index in [0.29, 0.717) is 19.0 Å². The maximum atomic E-state index is 12.4. The van der Waals surface area contributed by atoms with Gasteiger partial charge in [0.05, 0.1) is 19.2 Å². The number of piperazine rings is 1. The van der Waals surface area contributed by atoms with E-state index in [2.05, 4.69) is 30.9 Å². The van der Waals surface area contributed by atoms with Crippen LogP contribution in [0.5, 0.6) is 5.75 Å². The lowest BCUT2D eigenvalue weighted by Gasteiger charge is -2.55. The topological polar surface area (TPSA) is 72.2 Å². The van der Waals surface area contributed by atoms with Crippen LogP contribution in [0, 0.1) is 0 Å². The number of amides is 1. The van der Waals surface area contributed by atoms with Gasteiger partial charge in [-0.1, -0.05) is 0 Å². The summed E-state index contributed by atoms with van der Waals surface area (Å²) < 4.78 is 13.3. The SMILES string of the molecule is COc1cc(Br)n2nc(N3CC4CC(C3)N4C(=O)OC(C)(C)C)nc2c1. The van der Waals surface area contributed by atoms with Crippen LogP contribution in [0.15, 0.2) is 16.7 Å². The second kappa shape index (κ2) is 6.00. The number of carbonyl (C=O) groups excluding carboxylic acids is 1. The van der Waals surface area contributed by atoms with Crippen LogP contribution < -0.4 is 9.64 Å². The Morgan fingerprint density at radius 1 is 1.27 bits per heavy atom. The molecule has 26 heavy (non-hydrogen) atoms. The summed E-state index contributed by atoms with van der Waals surface area (Å²) in [4.78, 5) is 21.0. The van der Waals surface area contributed by atoms with Crippen LogP contribution >= 0.6 is 15.9 Å². The van der Waals surface area contributed by atoms with Crippen molar-refractivity contribution in [1.82, 2.24) is 19.5 Å². The van der Waals surface area contributed by atoms with Gasteiger partial charge in [0, 0.05) is 25.2 Å². The number of anilines is 1. The third kappa shape index (κ3) is 2.98. The van der Waals surface area contributed by atoms with Crippen LogP contribution in [0.4, 0.5) is 10.7 Å². The number of rotatable bonds is 2. The van der Waals surface area contributed by atoms with E-state index in [0.717, 1.165) is 22.4 Å². The van der Waals surface area contributed by atoms with Gasteiger partial charge < -0.3 is 14.4 Å². The predicted molar refractivity (Wildman–Crippen MR) is 99.7 cm³/mol. The number of carbonyl (C=O) groups is 1. The highest BCUT2D eigenvalue weighted by Gasteiger charge is 2.49. The van der Waals surface area contributed by atoms with Crippen LogP contribution in [0.25, 0.3) is 5.65 Å². The Balaban J connectivity index is 1.51. The lowest BCUT2D eigenvalue weighted by molar-refractivity contribution is -0.0381. The molecule has 2 aromatic rings. The van der Waals surface area contributed by atoms with E-state index in [1.54, 1.807) is 11.6 Å². The molecule has 1 amide bonds. The highest BCUT2D eigenvalue weighted by molar-refractivity contribution is 9.10. The first-order valence-electron chi connectivity index (χ1n) is 8.62. The van der Waals surface area contributed by atoms with Crippen molar-refractivity contribution in [2.45, 2.75) is 44.9 Å². The molecular formula is C17H22BrN5O3. The average Bonchev–Trinajstić information content (AvgIpc) is 2.97. The van der Waals surface area contributed by atoms with Crippen molar-refractivity contribution in [3.8, 4) is 5.75 Å². The molecule has 2 unspecified atom stereocenters. The minimum atomic E-state index is -0.477. The zero-order valence-electron chi connectivity index (χ0n) is 15.3. The summed E-state index contributed by atoms with van der Waals surface area (Å²) in [7, 11) is 1.62. The Morgan fingerprint density at radius 3 is 2.58 bits per heavy atom. The van der Waals surface area contributed by atoms with Gasteiger partial charge in [0.2, 0.25) is 5.95 Å². The standard InChI is InChI=1S/C17H22BrN5O3/c1-17(2,3)26-16(24)22-10-5-11(22)9-21(8-10)15-19-14-7-12(25-4)6-13(18)23(14)20-15/h6-7,10-11H,5,8-9H2,1-4H3. The molecule has 5 rings (SSSR count). The van der Waals surface area contributed by atoms with Crippen molar-refractivity contribution in [3.63, 3.8) is 0 Å². The summed E-state index contributed by atoms with van der Waals surface area (Å²) in [5.74, 6) is 1.39. The first-order valence-corrected chi connectivity index (χ1v) is 9.41. The van der Waals surface area contributed by atoms with Crippen LogP contribution in [0.3, 0.4) is 0 Å². The third-order valence-corrected chi connectivity index (χ3v) is 5.24. The molecule has 5 heterocycles. The van der Waals surface area contributed by atoms with E-state index in [1.807, 2.05) is 37.8 Å². The zero-order chi connectivity index (χ0) is 18.6. The molecule has 2 aromatic heterocycles. The van der Waals surface area contributed by atoms with Gasteiger partial charge in [-0.3, -0.25) is 4.90 Å². The van der Waals surface area contributed by atoms with Gasteiger partial charge in [-0.2, -0.15) is 4.98 Å². The lowest BCUT2D eigenvalue weighted by atomic mass is 9.88. The number of methoxy groups -OCH3 is 1. The molecular weight excluding hydrogens is 402 g/mol. The highest BCUT2D eigenvalue weighted by atomic mass is 79.9. The van der Waals surface area contributed by atoms with Crippen LogP contribution in [-0.2, 0) is 4.74 Å². The van der Waals surface area contributed by atoms with Gasteiger partial charge in [-0.05, 0) is 43.1 Å². The van der Waals surface area contributed by atoms with Crippen molar-refractivity contribution >= 4 is 33.6 Å². The molecule has 0 aliphatic carbocycles. The molecule has 3 saturated heterocycles. The molecule has 2 atom stereocenters. The fourth-order valence-corrected chi connectivity index (χ4v) is 4.04. The Morgan fingerprint density at radius 2 is 1.96 bits per heavy atom. The number of hydrogen-bond acceptors (Lipinski definition) is 6. The molecule has 0 spiro atoms. The number of halogens is 1. The van der Waals surface area contributed by atoms with Gasteiger partial charge in [0.25, 0.3) is 0 Å². The quantitative estimate of drug-likeness (QED) is 0.691. The zero-order valence-corrected chi connectivity index (χ0v) is 16.9. The van der Waals surface area contributed by atoms with E-state index < -0.39 is 5.60 Å². The molecule has 0 aromatic carbocycles. The molecule has 9 heteroatoms. The van der Waals surface area contributed by atoms with E-state index in [9.17, 15) is 4.79 Å². The maximum absolute atomic E-state index is 12.4. The number of hydrogen-bond donors (Lipinski definition) is 0. The minimum Gasteiger partial charge on any atom is -0.497 e. The number of pyridine rings is 1. The molecule has 3 aliphatic heterocycles. The van der Waals surface area contributed by atoms with Gasteiger partial charge in [-0.15, -0.1) is 5.10 Å². The fraction of sp³-hybridized carbons (Fsp3) is 0.588. The molecule has 0 saturated carbocycles. The Bertz CT molecular complexity index is 850. The number of ether oxygens (including phenoxy) is 2. The molecule has 3 aliphatic rings. The summed E-state index contributed by atoms with van der Waals surface area (Å²) in [6, 6.07) is 3.99. The molecule has 0 N–H and O–H groups in total. The Kier molecular flexibility index (Phi) is 4.02. The second-order valence-corrected chi connectivity index (χ2v) is 8.55. The summed E-state index contributed by atoms with van der Waals surface area (Å²) >= 11 is 3.50. The normalized spacial score (nSPS) is 22.3. The largest absolute Gasteiger partial charge is 0.497 e.